The SMILES string of the molecule is O=[N+]([O-])N1C2=NC(=NC3=NC(=NC4N=C(N=C5N=C1c1cc6ccccc6cc15)c1cc5ccccc5cc14)c1cc4ccccc4cc13)c1cc3ccccc3cc12. The van der Waals surface area contributed by atoms with Gasteiger partial charge < -0.3 is 0 Å². The van der Waals surface area contributed by atoms with E-state index in [4.69, 9.17) is 34.9 Å². The van der Waals surface area contributed by atoms with Crippen LogP contribution in [-0.2, 0) is 0 Å². The summed E-state index contributed by atoms with van der Waals surface area (Å²) in [6, 6.07) is 48.3. The molecular weight excluding hydrogens is 735 g/mol. The van der Waals surface area contributed by atoms with Crippen LogP contribution >= 0.6 is 0 Å². The van der Waals surface area contributed by atoms with E-state index >= 15 is 0 Å². The number of fused-ring (bicyclic) bond motifs is 20. The van der Waals surface area contributed by atoms with Crippen molar-refractivity contribution < 1.29 is 5.03 Å². The van der Waals surface area contributed by atoms with Crippen LogP contribution in [0.15, 0.2) is 181 Å². The summed E-state index contributed by atoms with van der Waals surface area (Å²) in [5.74, 6) is 2.07. The number of hydrogen-bond donors (Lipinski definition) is 0. The van der Waals surface area contributed by atoms with Crippen LogP contribution in [0.25, 0.3) is 43.1 Å². The minimum Gasteiger partial charge on any atom is -0.234 e. The first kappa shape index (κ1) is 31.8. The van der Waals surface area contributed by atoms with E-state index in [1.54, 1.807) is 0 Å². The Kier molecular flexibility index (Phi) is 6.27. The van der Waals surface area contributed by atoms with Crippen molar-refractivity contribution in [2.45, 2.75) is 6.17 Å². The highest BCUT2D eigenvalue weighted by atomic mass is 16.7. The Balaban J connectivity index is 1.14. The van der Waals surface area contributed by atoms with Gasteiger partial charge in [0, 0.05) is 44.5 Å². The molecule has 8 aromatic carbocycles. The number of amidine groups is 7. The molecule has 5 heterocycles. The molecule has 11 nitrogen and oxygen atoms in total. The number of benzene rings is 8. The smallest absolute Gasteiger partial charge is 0.212 e. The standard InChI is InChI=1S/C48H25N9O2/c58-57(59)56-47-39-23-31-15-7-5-13-29(31)21-37(39)45(54-47)52-43-35-19-27-11-3-1-9-25(27)17-33(35)41(50-43)49-42-34-18-26-10-2-4-12-28(26)20-36(34)44(51-42)53-46-38-22-30-14-6-8-16-32(30)24-40(38)48(56)55-46/h1-24,41H. The van der Waals surface area contributed by atoms with Crippen LogP contribution in [-0.4, -0.2) is 50.9 Å². The second-order valence-corrected chi connectivity index (χ2v) is 15.0. The summed E-state index contributed by atoms with van der Waals surface area (Å²) in [7, 11) is 0. The van der Waals surface area contributed by atoms with Gasteiger partial charge in [-0.15, -0.1) is 0 Å². The van der Waals surface area contributed by atoms with Gasteiger partial charge in [-0.3, -0.25) is 0 Å². The van der Waals surface area contributed by atoms with Crippen LogP contribution in [0.5, 0.6) is 0 Å². The zero-order valence-electron chi connectivity index (χ0n) is 30.8. The summed E-state index contributed by atoms with van der Waals surface area (Å²) in [4.78, 5) is 49.5. The summed E-state index contributed by atoms with van der Waals surface area (Å²) in [6.45, 7) is 0. The molecule has 0 fully saturated rings. The Labute approximate surface area is 334 Å². The van der Waals surface area contributed by atoms with Crippen molar-refractivity contribution in [3.8, 4) is 0 Å². The fourth-order valence-electron chi connectivity index (χ4n) is 8.85. The Hall–Kier alpha value is -8.31. The van der Waals surface area contributed by atoms with E-state index in [1.165, 1.54) is 0 Å². The maximum Gasteiger partial charge on any atom is 0.212 e. The van der Waals surface area contributed by atoms with Gasteiger partial charge in [0.05, 0.1) is 0 Å². The Morgan fingerprint density at radius 2 is 0.695 bits per heavy atom. The van der Waals surface area contributed by atoms with E-state index in [0.29, 0.717) is 51.4 Å². The predicted octanol–water partition coefficient (Wildman–Crippen LogP) is 9.19. The summed E-state index contributed by atoms with van der Waals surface area (Å²) in [6.07, 6.45) is -0.689. The van der Waals surface area contributed by atoms with Crippen molar-refractivity contribution in [2.75, 3.05) is 0 Å². The number of aliphatic imine (C=N–C) groups is 7. The molecule has 0 aliphatic carbocycles. The number of hydrazine groups is 1. The lowest BCUT2D eigenvalue weighted by Gasteiger charge is -2.15. The molecule has 59 heavy (non-hydrogen) atoms. The van der Waals surface area contributed by atoms with Crippen LogP contribution in [0.2, 0.25) is 0 Å². The van der Waals surface area contributed by atoms with E-state index in [-0.39, 0.29) is 11.7 Å². The highest BCUT2D eigenvalue weighted by Gasteiger charge is 2.42. The van der Waals surface area contributed by atoms with E-state index < -0.39 is 11.2 Å². The van der Waals surface area contributed by atoms with Crippen LogP contribution in [0, 0.1) is 10.1 Å². The first-order chi connectivity index (χ1) is 29.0. The molecule has 11 heteroatoms. The summed E-state index contributed by atoms with van der Waals surface area (Å²) < 4.78 is 0. The van der Waals surface area contributed by atoms with Crippen LogP contribution in [0.4, 0.5) is 0 Å². The van der Waals surface area contributed by atoms with Gasteiger partial charge in [-0.05, 0) is 96.6 Å². The molecule has 0 spiro atoms. The molecule has 8 aromatic rings. The van der Waals surface area contributed by atoms with Crippen molar-refractivity contribution in [1.29, 1.82) is 0 Å². The van der Waals surface area contributed by atoms with Crippen molar-refractivity contribution in [3.63, 3.8) is 0 Å². The molecule has 1 atom stereocenters. The molecule has 274 valence electrons. The normalized spacial score (nSPS) is 17.1. The lowest BCUT2D eigenvalue weighted by molar-refractivity contribution is -0.603. The predicted molar refractivity (Wildman–Crippen MR) is 233 cm³/mol. The van der Waals surface area contributed by atoms with Crippen molar-refractivity contribution >= 4 is 83.9 Å². The van der Waals surface area contributed by atoms with E-state index in [0.717, 1.165) is 70.4 Å². The zero-order chi connectivity index (χ0) is 38.9. The van der Waals surface area contributed by atoms with Gasteiger partial charge in [0.25, 0.3) is 0 Å². The van der Waals surface area contributed by atoms with Gasteiger partial charge in [-0.2, -0.15) is 0 Å². The van der Waals surface area contributed by atoms with E-state index in [1.807, 2.05) is 97.1 Å². The quantitative estimate of drug-likeness (QED) is 0.122. The monoisotopic (exact) mass is 759 g/mol. The van der Waals surface area contributed by atoms with Crippen molar-refractivity contribution in [2.24, 2.45) is 34.9 Å². The molecule has 13 rings (SSSR count). The maximum atomic E-state index is 13.6. The van der Waals surface area contributed by atoms with Gasteiger partial charge in [0.2, 0.25) is 11.7 Å². The summed E-state index contributed by atoms with van der Waals surface area (Å²) >= 11 is 0. The average Bonchev–Trinajstić information content (AvgIpc) is 3.98. The molecular formula is C48H25N9O2. The van der Waals surface area contributed by atoms with Gasteiger partial charge in [-0.25, -0.2) is 45.1 Å². The second-order valence-electron chi connectivity index (χ2n) is 15.0. The molecule has 0 radical (unpaired) electrons. The summed E-state index contributed by atoms with van der Waals surface area (Å²) in [5, 5.41) is 21.9. The minimum atomic E-state index is -0.689. The average molecular weight is 760 g/mol. The fraction of sp³-hybridized carbons (Fsp3) is 0.0208. The topological polar surface area (TPSA) is 133 Å². The highest BCUT2D eigenvalue weighted by Crippen LogP contribution is 2.39. The van der Waals surface area contributed by atoms with E-state index in [2.05, 4.69) is 48.5 Å². The number of nitro groups is 1. The molecule has 0 saturated heterocycles. The lowest BCUT2D eigenvalue weighted by atomic mass is 9.99. The third-order valence-electron chi connectivity index (χ3n) is 11.7. The van der Waals surface area contributed by atoms with Crippen LogP contribution < -0.4 is 0 Å². The lowest BCUT2D eigenvalue weighted by Crippen LogP contribution is -2.41. The molecule has 0 aromatic heterocycles. The van der Waals surface area contributed by atoms with Crippen LogP contribution in [0.3, 0.4) is 0 Å². The third-order valence-corrected chi connectivity index (χ3v) is 11.7. The van der Waals surface area contributed by atoms with E-state index in [9.17, 15) is 10.1 Å². The Morgan fingerprint density at radius 1 is 0.390 bits per heavy atom. The molecule has 1 unspecified atom stereocenters. The van der Waals surface area contributed by atoms with Gasteiger partial charge >= 0.3 is 0 Å². The van der Waals surface area contributed by atoms with Crippen molar-refractivity contribution in [1.82, 2.24) is 5.01 Å². The highest BCUT2D eigenvalue weighted by molar-refractivity contribution is 6.35. The van der Waals surface area contributed by atoms with Crippen LogP contribution in [0.1, 0.15) is 50.7 Å². The Bertz CT molecular complexity index is 3560. The second kappa shape index (κ2) is 11.6. The number of rotatable bonds is 1. The summed E-state index contributed by atoms with van der Waals surface area (Å²) in [5.41, 5.74) is 5.65. The first-order valence-corrected chi connectivity index (χ1v) is 19.2. The Morgan fingerprint density at radius 3 is 1.12 bits per heavy atom. The zero-order valence-corrected chi connectivity index (χ0v) is 30.8. The van der Waals surface area contributed by atoms with Gasteiger partial charge in [-0.1, -0.05) is 97.1 Å². The molecule has 8 bridgehead atoms. The number of nitrogens with zero attached hydrogens (tertiary/aromatic N) is 9. The molecule has 0 amide bonds. The third kappa shape index (κ3) is 4.66. The molecule has 0 saturated carbocycles. The fourth-order valence-corrected chi connectivity index (χ4v) is 8.85. The van der Waals surface area contributed by atoms with Gasteiger partial charge in [0.15, 0.2) is 40.4 Å². The van der Waals surface area contributed by atoms with Crippen molar-refractivity contribution in [3.05, 3.63) is 200 Å². The molecule has 5 aliphatic rings. The minimum absolute atomic E-state index is 0.0852. The maximum absolute atomic E-state index is 13.6. The first-order valence-electron chi connectivity index (χ1n) is 19.2. The molecule has 0 N–H and O–H groups in total. The van der Waals surface area contributed by atoms with Gasteiger partial charge in [0.1, 0.15) is 0 Å². The molecule has 5 aliphatic heterocycles. The largest absolute Gasteiger partial charge is 0.234 e. The number of hydrogen-bond acceptors (Lipinski definition) is 9.